The fourth-order valence-corrected chi connectivity index (χ4v) is 2.12. The number of hydrogen-bond acceptors (Lipinski definition) is 3. The van der Waals surface area contributed by atoms with Crippen LogP contribution in [0.2, 0.25) is 5.02 Å². The summed E-state index contributed by atoms with van der Waals surface area (Å²) >= 11 is 5.87. The largest absolute Gasteiger partial charge is 0.494 e. The Morgan fingerprint density at radius 2 is 2.11 bits per heavy atom. The summed E-state index contributed by atoms with van der Waals surface area (Å²) in [6.45, 7) is 1.99. The van der Waals surface area contributed by atoms with Gasteiger partial charge in [0.2, 0.25) is 5.88 Å². The lowest BCUT2D eigenvalue weighted by Crippen LogP contribution is -2.32. The van der Waals surface area contributed by atoms with Gasteiger partial charge >= 0.3 is 5.69 Å². The number of rotatable bonds is 3. The molecular weight excluding hydrogens is 268 g/mol. The van der Waals surface area contributed by atoms with Crippen molar-refractivity contribution in [1.29, 1.82) is 0 Å². The van der Waals surface area contributed by atoms with Crippen LogP contribution in [0.25, 0.3) is 0 Å². The fourth-order valence-electron chi connectivity index (χ4n) is 1.90. The van der Waals surface area contributed by atoms with Gasteiger partial charge in [0, 0.05) is 18.0 Å². The van der Waals surface area contributed by atoms with Crippen LogP contribution in [0.5, 0.6) is 5.88 Å². The molecule has 0 aliphatic rings. The molecule has 2 aromatic rings. The van der Waals surface area contributed by atoms with Crippen LogP contribution < -0.4 is 11.2 Å². The van der Waals surface area contributed by atoms with E-state index in [-0.39, 0.29) is 24.4 Å². The van der Waals surface area contributed by atoms with Crippen LogP contribution in [0.15, 0.2) is 33.9 Å². The number of H-pyrrole nitrogens is 1. The molecule has 19 heavy (non-hydrogen) atoms. The van der Waals surface area contributed by atoms with E-state index >= 15 is 0 Å². The first-order valence-corrected chi connectivity index (χ1v) is 6.20. The van der Waals surface area contributed by atoms with E-state index in [0.717, 1.165) is 10.1 Å². The van der Waals surface area contributed by atoms with E-state index in [4.69, 9.17) is 11.6 Å². The lowest BCUT2D eigenvalue weighted by Gasteiger charge is -2.09. The lowest BCUT2D eigenvalue weighted by atomic mass is 10.1. The lowest BCUT2D eigenvalue weighted by molar-refractivity contribution is 0.399. The number of aromatic amines is 1. The van der Waals surface area contributed by atoms with E-state index in [0.29, 0.717) is 5.02 Å². The van der Waals surface area contributed by atoms with Gasteiger partial charge in [0.05, 0.1) is 5.56 Å². The summed E-state index contributed by atoms with van der Waals surface area (Å²) in [5, 5.41) is 10.5. The SMILES string of the molecule is CCn1c(O)c(Cc2cccc(Cl)c2)c(=O)[nH]c1=O. The molecule has 5 nitrogen and oxygen atoms in total. The average Bonchev–Trinajstić information content (AvgIpc) is 2.35. The molecule has 0 atom stereocenters. The predicted octanol–water partition coefficient (Wildman–Crippen LogP) is 1.51. The van der Waals surface area contributed by atoms with Gasteiger partial charge in [0.25, 0.3) is 5.56 Å². The summed E-state index contributed by atoms with van der Waals surface area (Å²) in [5.41, 5.74) is -0.245. The maximum Gasteiger partial charge on any atom is 0.331 e. The van der Waals surface area contributed by atoms with Crippen molar-refractivity contribution in [2.45, 2.75) is 19.9 Å². The zero-order valence-electron chi connectivity index (χ0n) is 10.3. The van der Waals surface area contributed by atoms with E-state index in [1.807, 2.05) is 0 Å². The van der Waals surface area contributed by atoms with Crippen molar-refractivity contribution >= 4 is 11.6 Å². The van der Waals surface area contributed by atoms with Crippen molar-refractivity contribution in [2.75, 3.05) is 0 Å². The predicted molar refractivity (Wildman–Crippen MR) is 72.9 cm³/mol. The van der Waals surface area contributed by atoms with E-state index < -0.39 is 11.2 Å². The first kappa shape index (κ1) is 13.4. The molecule has 0 unspecified atom stereocenters. The monoisotopic (exact) mass is 280 g/mol. The van der Waals surface area contributed by atoms with Crippen molar-refractivity contribution in [3.63, 3.8) is 0 Å². The van der Waals surface area contributed by atoms with Gasteiger partial charge in [-0.25, -0.2) is 4.79 Å². The number of benzene rings is 1. The molecule has 0 aliphatic heterocycles. The number of halogens is 1. The molecule has 1 aromatic heterocycles. The highest BCUT2D eigenvalue weighted by Gasteiger charge is 2.13. The van der Waals surface area contributed by atoms with Gasteiger partial charge in [-0.3, -0.25) is 14.3 Å². The summed E-state index contributed by atoms with van der Waals surface area (Å²) in [6.07, 6.45) is 0.210. The minimum atomic E-state index is -0.611. The summed E-state index contributed by atoms with van der Waals surface area (Å²) in [6, 6.07) is 6.99. The van der Waals surface area contributed by atoms with Crippen LogP contribution in [-0.2, 0) is 13.0 Å². The van der Waals surface area contributed by atoms with Crippen molar-refractivity contribution < 1.29 is 5.11 Å². The summed E-state index contributed by atoms with van der Waals surface area (Å²) in [5.74, 6) is -0.295. The maximum atomic E-state index is 11.8. The topological polar surface area (TPSA) is 75.1 Å². The standard InChI is InChI=1S/C13H13ClN2O3/c1-2-16-12(18)10(11(17)15-13(16)19)7-8-4-3-5-9(14)6-8/h3-6,18H,2,7H2,1H3,(H,15,17,19). The molecule has 1 aromatic carbocycles. The van der Waals surface area contributed by atoms with Crippen LogP contribution >= 0.6 is 11.6 Å². The van der Waals surface area contributed by atoms with Gasteiger partial charge in [0.15, 0.2) is 0 Å². The molecule has 2 N–H and O–H groups in total. The Balaban J connectivity index is 2.52. The molecule has 100 valence electrons. The van der Waals surface area contributed by atoms with Gasteiger partial charge in [-0.15, -0.1) is 0 Å². The van der Waals surface area contributed by atoms with Crippen molar-refractivity contribution in [1.82, 2.24) is 9.55 Å². The van der Waals surface area contributed by atoms with Crippen LogP contribution in [0.3, 0.4) is 0 Å². The number of aromatic hydroxyl groups is 1. The number of hydrogen-bond donors (Lipinski definition) is 2. The molecule has 0 radical (unpaired) electrons. The molecule has 1 heterocycles. The molecule has 0 bridgehead atoms. The van der Waals surface area contributed by atoms with Crippen molar-refractivity contribution in [3.05, 3.63) is 61.3 Å². The Bertz CT molecular complexity index is 719. The first-order chi connectivity index (χ1) is 9.02. The second-order valence-electron chi connectivity index (χ2n) is 4.11. The van der Waals surface area contributed by atoms with Gasteiger partial charge in [-0.2, -0.15) is 0 Å². The number of nitrogens with one attached hydrogen (secondary N) is 1. The van der Waals surface area contributed by atoms with Gasteiger partial charge < -0.3 is 5.11 Å². The van der Waals surface area contributed by atoms with Gasteiger partial charge in [0.1, 0.15) is 0 Å². The van der Waals surface area contributed by atoms with Crippen LogP contribution in [0.1, 0.15) is 18.1 Å². The third kappa shape index (κ3) is 2.71. The van der Waals surface area contributed by atoms with Crippen molar-refractivity contribution in [2.24, 2.45) is 0 Å². The second-order valence-corrected chi connectivity index (χ2v) is 4.55. The Hall–Kier alpha value is -2.01. The molecule has 0 amide bonds. The summed E-state index contributed by atoms with van der Waals surface area (Å²) in [4.78, 5) is 25.4. The highest BCUT2D eigenvalue weighted by atomic mass is 35.5. The summed E-state index contributed by atoms with van der Waals surface area (Å²) < 4.78 is 1.11. The molecule has 0 fully saturated rings. The van der Waals surface area contributed by atoms with Gasteiger partial charge in [-0.05, 0) is 24.6 Å². The number of aromatic nitrogens is 2. The normalized spacial score (nSPS) is 10.6. The van der Waals surface area contributed by atoms with E-state index in [9.17, 15) is 14.7 Å². The maximum absolute atomic E-state index is 11.8. The Labute approximate surface area is 114 Å². The molecule has 2 rings (SSSR count). The van der Waals surface area contributed by atoms with Gasteiger partial charge in [-0.1, -0.05) is 23.7 Å². The molecule has 0 spiro atoms. The third-order valence-electron chi connectivity index (χ3n) is 2.85. The zero-order valence-corrected chi connectivity index (χ0v) is 11.1. The molecule has 0 saturated heterocycles. The Kier molecular flexibility index (Phi) is 3.76. The average molecular weight is 281 g/mol. The second kappa shape index (κ2) is 5.32. The number of nitrogens with zero attached hydrogens (tertiary/aromatic N) is 1. The highest BCUT2D eigenvalue weighted by molar-refractivity contribution is 6.30. The zero-order chi connectivity index (χ0) is 14.0. The quantitative estimate of drug-likeness (QED) is 0.895. The van der Waals surface area contributed by atoms with Crippen LogP contribution in [-0.4, -0.2) is 14.7 Å². The molecule has 6 heteroatoms. The van der Waals surface area contributed by atoms with Crippen LogP contribution in [0, 0.1) is 0 Å². The fraction of sp³-hybridized carbons (Fsp3) is 0.231. The van der Waals surface area contributed by atoms with E-state index in [1.165, 1.54) is 0 Å². The minimum Gasteiger partial charge on any atom is -0.494 e. The van der Waals surface area contributed by atoms with Crippen LogP contribution in [0.4, 0.5) is 0 Å². The molecule has 0 aliphatic carbocycles. The third-order valence-corrected chi connectivity index (χ3v) is 3.09. The van der Waals surface area contributed by atoms with E-state index in [2.05, 4.69) is 4.98 Å². The minimum absolute atomic E-state index is 0.156. The Morgan fingerprint density at radius 3 is 2.74 bits per heavy atom. The Morgan fingerprint density at radius 1 is 1.37 bits per heavy atom. The summed E-state index contributed by atoms with van der Waals surface area (Å²) in [7, 11) is 0. The van der Waals surface area contributed by atoms with Crippen molar-refractivity contribution in [3.8, 4) is 5.88 Å². The first-order valence-electron chi connectivity index (χ1n) is 5.82. The smallest absolute Gasteiger partial charge is 0.331 e. The molecular formula is C13H13ClN2O3. The molecule has 0 saturated carbocycles. The van der Waals surface area contributed by atoms with E-state index in [1.54, 1.807) is 31.2 Å². The highest BCUT2D eigenvalue weighted by Crippen LogP contribution is 2.17.